The molecule has 0 fully saturated rings. The van der Waals surface area contributed by atoms with Crippen LogP contribution in [0.2, 0.25) is 0 Å². The van der Waals surface area contributed by atoms with Crippen LogP contribution >= 0.6 is 23.1 Å². The Morgan fingerprint density at radius 3 is 2.77 bits per heavy atom. The van der Waals surface area contributed by atoms with E-state index in [1.54, 1.807) is 24.4 Å². The third-order valence-electron chi connectivity index (χ3n) is 3.52. The van der Waals surface area contributed by atoms with Crippen molar-refractivity contribution in [1.82, 2.24) is 19.6 Å². The number of anilines is 1. The van der Waals surface area contributed by atoms with Crippen molar-refractivity contribution in [2.24, 2.45) is 0 Å². The second-order valence-electron chi connectivity index (χ2n) is 5.24. The van der Waals surface area contributed by atoms with E-state index in [4.69, 9.17) is 0 Å². The first-order valence-corrected chi connectivity index (χ1v) is 9.24. The third kappa shape index (κ3) is 3.37. The van der Waals surface area contributed by atoms with Gasteiger partial charge in [-0.15, -0.1) is 10.2 Å². The average molecular weight is 384 g/mol. The van der Waals surface area contributed by atoms with Crippen molar-refractivity contribution in [1.29, 1.82) is 0 Å². The summed E-state index contributed by atoms with van der Waals surface area (Å²) in [5.74, 6) is -0.0698. The molecule has 130 valence electrons. The lowest BCUT2D eigenvalue weighted by atomic mass is 10.2. The lowest BCUT2D eigenvalue weighted by molar-refractivity contribution is -0.393. The molecule has 0 saturated carbocycles. The van der Waals surface area contributed by atoms with E-state index in [0.717, 1.165) is 17.3 Å². The summed E-state index contributed by atoms with van der Waals surface area (Å²) in [7, 11) is 0. The SMILES string of the molecule is O=[N+]([O-])c1c(Sc2nnc(NCc3ccccc3)s2)nc2ccccn12. The summed E-state index contributed by atoms with van der Waals surface area (Å²) in [5, 5.41) is 23.8. The number of nitrogens with zero attached hydrogens (tertiary/aromatic N) is 5. The highest BCUT2D eigenvalue weighted by Crippen LogP contribution is 2.37. The van der Waals surface area contributed by atoms with Gasteiger partial charge >= 0.3 is 5.82 Å². The van der Waals surface area contributed by atoms with Crippen LogP contribution in [0.1, 0.15) is 5.56 Å². The van der Waals surface area contributed by atoms with Crippen molar-refractivity contribution < 1.29 is 4.92 Å². The maximum atomic E-state index is 11.4. The maximum absolute atomic E-state index is 11.4. The van der Waals surface area contributed by atoms with Crippen molar-refractivity contribution in [2.45, 2.75) is 15.9 Å². The van der Waals surface area contributed by atoms with Gasteiger partial charge in [-0.2, -0.15) is 9.38 Å². The molecule has 26 heavy (non-hydrogen) atoms. The monoisotopic (exact) mass is 384 g/mol. The van der Waals surface area contributed by atoms with Crippen molar-refractivity contribution >= 4 is 39.7 Å². The van der Waals surface area contributed by atoms with Crippen molar-refractivity contribution in [3.63, 3.8) is 0 Å². The Labute approximate surface area is 156 Å². The predicted molar refractivity (Wildman–Crippen MR) is 99.6 cm³/mol. The molecule has 10 heteroatoms. The molecule has 1 N–H and O–H groups in total. The molecule has 0 spiro atoms. The van der Waals surface area contributed by atoms with Gasteiger partial charge in [0, 0.05) is 12.6 Å². The second kappa shape index (κ2) is 7.10. The fraction of sp³-hybridized carbons (Fsp3) is 0.0625. The number of nitro groups is 1. The second-order valence-corrected chi connectivity index (χ2v) is 7.45. The zero-order chi connectivity index (χ0) is 17.9. The van der Waals surface area contributed by atoms with Crippen LogP contribution in [-0.4, -0.2) is 24.5 Å². The molecule has 0 unspecified atom stereocenters. The van der Waals surface area contributed by atoms with E-state index < -0.39 is 4.92 Å². The standard InChI is InChI=1S/C16H12N6O2S2/c23-22(24)14-13(18-12-8-4-5-9-21(12)14)25-16-20-19-15(26-16)17-10-11-6-2-1-3-7-11/h1-9H,10H2,(H,17,19). The number of rotatable bonds is 6. The summed E-state index contributed by atoms with van der Waals surface area (Å²) in [4.78, 5) is 15.3. The summed E-state index contributed by atoms with van der Waals surface area (Å²) >= 11 is 2.48. The van der Waals surface area contributed by atoms with Gasteiger partial charge in [0.05, 0.1) is 6.20 Å². The highest BCUT2D eigenvalue weighted by molar-refractivity contribution is 8.01. The summed E-state index contributed by atoms with van der Waals surface area (Å²) in [6.45, 7) is 0.634. The van der Waals surface area contributed by atoms with Crippen LogP contribution in [0.4, 0.5) is 10.9 Å². The van der Waals surface area contributed by atoms with Gasteiger partial charge in [-0.05, 0) is 28.3 Å². The smallest absolute Gasteiger partial charge is 0.358 e. The number of benzene rings is 1. The van der Waals surface area contributed by atoms with E-state index in [1.165, 1.54) is 15.7 Å². The fourth-order valence-electron chi connectivity index (χ4n) is 2.37. The van der Waals surface area contributed by atoms with Gasteiger partial charge in [0.25, 0.3) is 0 Å². The Balaban J connectivity index is 1.53. The molecule has 0 radical (unpaired) electrons. The quantitative estimate of drug-likeness (QED) is 0.398. The van der Waals surface area contributed by atoms with Gasteiger partial charge in [-0.1, -0.05) is 47.7 Å². The zero-order valence-electron chi connectivity index (χ0n) is 13.3. The third-order valence-corrected chi connectivity index (χ3v) is 5.42. The van der Waals surface area contributed by atoms with E-state index in [0.29, 0.717) is 26.7 Å². The molecule has 8 nitrogen and oxygen atoms in total. The Hall–Kier alpha value is -2.98. The lowest BCUT2D eigenvalue weighted by Crippen LogP contribution is -1.98. The van der Waals surface area contributed by atoms with E-state index in [2.05, 4.69) is 20.5 Å². The van der Waals surface area contributed by atoms with Crippen LogP contribution in [0.3, 0.4) is 0 Å². The number of imidazole rings is 1. The normalized spacial score (nSPS) is 10.9. The molecule has 0 saturated heterocycles. The van der Waals surface area contributed by atoms with Gasteiger partial charge in [0.2, 0.25) is 15.8 Å². The minimum Gasteiger partial charge on any atom is -0.358 e. The van der Waals surface area contributed by atoms with E-state index in [-0.39, 0.29) is 5.82 Å². The minimum atomic E-state index is -0.433. The Kier molecular flexibility index (Phi) is 4.50. The molecular formula is C16H12N6O2S2. The number of pyridine rings is 1. The minimum absolute atomic E-state index is 0.0698. The number of fused-ring (bicyclic) bond motifs is 1. The lowest BCUT2D eigenvalue weighted by Gasteiger charge is -2.00. The molecule has 3 aromatic heterocycles. The van der Waals surface area contributed by atoms with Gasteiger partial charge in [0.15, 0.2) is 4.34 Å². The highest BCUT2D eigenvalue weighted by Gasteiger charge is 2.24. The number of hydrogen-bond acceptors (Lipinski definition) is 8. The van der Waals surface area contributed by atoms with Crippen molar-refractivity contribution in [2.75, 3.05) is 5.32 Å². The summed E-state index contributed by atoms with van der Waals surface area (Å²) in [6, 6.07) is 15.2. The van der Waals surface area contributed by atoms with Gasteiger partial charge < -0.3 is 15.4 Å². The molecular weight excluding hydrogens is 372 g/mol. The summed E-state index contributed by atoms with van der Waals surface area (Å²) < 4.78 is 2.05. The highest BCUT2D eigenvalue weighted by atomic mass is 32.2. The molecule has 4 aromatic rings. The van der Waals surface area contributed by atoms with Gasteiger partial charge in [0.1, 0.15) is 0 Å². The van der Waals surface area contributed by atoms with E-state index >= 15 is 0 Å². The fourth-order valence-corrected chi connectivity index (χ4v) is 4.14. The Morgan fingerprint density at radius 2 is 1.96 bits per heavy atom. The zero-order valence-corrected chi connectivity index (χ0v) is 14.9. The molecule has 0 atom stereocenters. The predicted octanol–water partition coefficient (Wildman–Crippen LogP) is 3.86. The number of nitrogens with one attached hydrogen (secondary N) is 1. The Morgan fingerprint density at radius 1 is 1.15 bits per heavy atom. The molecule has 0 amide bonds. The van der Waals surface area contributed by atoms with Crippen LogP contribution in [0.15, 0.2) is 64.1 Å². The molecule has 4 rings (SSSR count). The van der Waals surface area contributed by atoms with Crippen LogP contribution in [0, 0.1) is 10.1 Å². The van der Waals surface area contributed by atoms with Crippen LogP contribution in [0.5, 0.6) is 0 Å². The molecule has 1 aromatic carbocycles. The topological polar surface area (TPSA) is 98.2 Å². The van der Waals surface area contributed by atoms with Crippen LogP contribution < -0.4 is 5.32 Å². The van der Waals surface area contributed by atoms with Gasteiger partial charge in [-0.3, -0.25) is 0 Å². The number of aromatic nitrogens is 4. The summed E-state index contributed by atoms with van der Waals surface area (Å²) in [6.07, 6.45) is 1.62. The largest absolute Gasteiger partial charge is 0.362 e. The molecule has 0 aliphatic rings. The Bertz CT molecular complexity index is 1060. The first-order chi connectivity index (χ1) is 12.7. The first kappa shape index (κ1) is 16.5. The van der Waals surface area contributed by atoms with E-state index in [1.807, 2.05) is 30.3 Å². The van der Waals surface area contributed by atoms with Gasteiger partial charge in [-0.25, -0.2) is 0 Å². The first-order valence-electron chi connectivity index (χ1n) is 7.61. The van der Waals surface area contributed by atoms with Crippen molar-refractivity contribution in [3.8, 4) is 0 Å². The maximum Gasteiger partial charge on any atom is 0.362 e. The number of hydrogen-bond donors (Lipinski definition) is 1. The molecule has 0 aliphatic carbocycles. The van der Waals surface area contributed by atoms with Crippen LogP contribution in [0.25, 0.3) is 5.65 Å². The molecule has 3 heterocycles. The molecule has 0 aliphatic heterocycles. The summed E-state index contributed by atoms with van der Waals surface area (Å²) in [5.41, 5.74) is 1.65. The van der Waals surface area contributed by atoms with Crippen molar-refractivity contribution in [3.05, 3.63) is 70.4 Å². The van der Waals surface area contributed by atoms with E-state index in [9.17, 15) is 10.1 Å². The average Bonchev–Trinajstić information content (AvgIpc) is 3.25. The molecule has 0 bridgehead atoms. The van der Waals surface area contributed by atoms with Crippen LogP contribution in [-0.2, 0) is 6.54 Å².